The van der Waals surface area contributed by atoms with Crippen molar-refractivity contribution in [1.29, 1.82) is 0 Å². The summed E-state index contributed by atoms with van der Waals surface area (Å²) in [5.74, 6) is 1.15. The van der Waals surface area contributed by atoms with Crippen LogP contribution in [-0.4, -0.2) is 4.57 Å². The number of nitrogens with zero attached hydrogens (tertiary/aromatic N) is 3. The maximum absolute atomic E-state index is 2.47. The number of hydrogen-bond donors (Lipinski definition) is 0. The van der Waals surface area contributed by atoms with Crippen LogP contribution in [0.2, 0.25) is 0 Å². The number of rotatable bonds is 7. The molecule has 0 amide bonds. The van der Waals surface area contributed by atoms with Crippen LogP contribution in [0, 0.1) is 0 Å². The quantitative estimate of drug-likeness (QED) is 0.158. The smallest absolute Gasteiger partial charge is 0.137 e. The number of anilines is 6. The average Bonchev–Trinajstić information content (AvgIpc) is 3.87. The van der Waals surface area contributed by atoms with Gasteiger partial charge in [-0.1, -0.05) is 188 Å². The highest BCUT2D eigenvalue weighted by Crippen LogP contribution is 2.59. The van der Waals surface area contributed by atoms with Crippen molar-refractivity contribution in [2.75, 3.05) is 9.80 Å². The van der Waals surface area contributed by atoms with Crippen molar-refractivity contribution >= 4 is 67.7 Å². The molecule has 0 unspecified atom stereocenters. The molecule has 10 aromatic carbocycles. The molecule has 0 atom stereocenters. The van der Waals surface area contributed by atoms with Gasteiger partial charge in [-0.2, -0.15) is 0 Å². The minimum atomic E-state index is -0.523. The highest BCUT2D eigenvalue weighted by molar-refractivity contribution is 8.00. The minimum absolute atomic E-state index is 0.523. The standard InChI is InChI=1S/C61H41N3S/c1-5-21-44(22-6-1)61(45-23-7-2-8-24-45)54-31-17-15-29-51(54)52-37-35-49(40-55(52)61)62(48-34-33-42-19-13-14-20-43(42)39-48)50-36-38-57-58(41-50)65-59-53-30-16-18-32-56(53)63(46-25-9-3-10-26-46)60(59)64(57)47-27-11-4-12-28-47/h1-41H. The maximum atomic E-state index is 2.47. The van der Waals surface area contributed by atoms with Crippen molar-refractivity contribution in [1.82, 2.24) is 4.57 Å². The summed E-state index contributed by atoms with van der Waals surface area (Å²) < 4.78 is 2.43. The summed E-state index contributed by atoms with van der Waals surface area (Å²) in [6.07, 6.45) is 0. The van der Waals surface area contributed by atoms with Crippen LogP contribution < -0.4 is 9.80 Å². The molecule has 0 fully saturated rings. The highest BCUT2D eigenvalue weighted by Gasteiger charge is 2.46. The molecule has 306 valence electrons. The maximum Gasteiger partial charge on any atom is 0.137 e. The molecule has 11 aromatic rings. The van der Waals surface area contributed by atoms with Crippen molar-refractivity contribution in [3.8, 4) is 16.8 Å². The normalized spacial score (nSPS) is 13.3. The topological polar surface area (TPSA) is 11.4 Å². The molecule has 1 aromatic heterocycles. The van der Waals surface area contributed by atoms with E-state index in [1.54, 1.807) is 0 Å². The monoisotopic (exact) mass is 847 g/mol. The number of para-hydroxylation sites is 3. The second-order valence-corrected chi connectivity index (χ2v) is 17.9. The van der Waals surface area contributed by atoms with Crippen LogP contribution in [0.1, 0.15) is 22.3 Å². The van der Waals surface area contributed by atoms with Gasteiger partial charge in [0.05, 0.1) is 21.5 Å². The van der Waals surface area contributed by atoms with Gasteiger partial charge in [-0.15, -0.1) is 0 Å². The molecule has 2 aliphatic rings. The van der Waals surface area contributed by atoms with Crippen LogP contribution in [0.15, 0.2) is 259 Å². The van der Waals surface area contributed by atoms with Gasteiger partial charge in [0.1, 0.15) is 5.82 Å². The van der Waals surface area contributed by atoms with Crippen molar-refractivity contribution < 1.29 is 0 Å². The Morgan fingerprint density at radius 2 is 0.954 bits per heavy atom. The number of hydrogen-bond acceptors (Lipinski definition) is 3. The van der Waals surface area contributed by atoms with Crippen LogP contribution in [-0.2, 0) is 5.41 Å². The Morgan fingerprint density at radius 3 is 1.71 bits per heavy atom. The van der Waals surface area contributed by atoms with Gasteiger partial charge < -0.3 is 4.90 Å². The van der Waals surface area contributed by atoms with E-state index in [9.17, 15) is 0 Å². The lowest BCUT2D eigenvalue weighted by atomic mass is 9.67. The zero-order valence-electron chi connectivity index (χ0n) is 35.4. The molecule has 0 N–H and O–H groups in total. The number of fused-ring (bicyclic) bond motifs is 8. The third kappa shape index (κ3) is 5.77. The first-order valence-electron chi connectivity index (χ1n) is 22.3. The third-order valence-electron chi connectivity index (χ3n) is 13.4. The lowest BCUT2D eigenvalue weighted by molar-refractivity contribution is 0.768. The number of benzene rings is 10. The van der Waals surface area contributed by atoms with Gasteiger partial charge in [-0.05, 0) is 117 Å². The van der Waals surface area contributed by atoms with Gasteiger partial charge in [0.2, 0.25) is 0 Å². The summed E-state index contributed by atoms with van der Waals surface area (Å²) in [5.41, 5.74) is 15.0. The molecule has 0 spiro atoms. The van der Waals surface area contributed by atoms with E-state index in [4.69, 9.17) is 0 Å². The van der Waals surface area contributed by atoms with Crippen molar-refractivity contribution in [3.05, 3.63) is 271 Å². The second kappa shape index (κ2) is 15.0. The Bertz CT molecular complexity index is 3540. The van der Waals surface area contributed by atoms with E-state index in [-0.39, 0.29) is 0 Å². The molecule has 1 aliphatic heterocycles. The summed E-state index contributed by atoms with van der Waals surface area (Å²) >= 11 is 1.87. The molecule has 65 heavy (non-hydrogen) atoms. The van der Waals surface area contributed by atoms with E-state index in [1.165, 1.54) is 64.8 Å². The van der Waals surface area contributed by atoms with Gasteiger partial charge >= 0.3 is 0 Å². The van der Waals surface area contributed by atoms with Crippen LogP contribution in [0.5, 0.6) is 0 Å². The second-order valence-electron chi connectivity index (χ2n) is 16.9. The number of aromatic nitrogens is 1. The molecule has 0 radical (unpaired) electrons. The van der Waals surface area contributed by atoms with E-state index in [1.807, 2.05) is 11.8 Å². The van der Waals surface area contributed by atoms with Gasteiger partial charge in [-0.25, -0.2) is 0 Å². The van der Waals surface area contributed by atoms with Crippen molar-refractivity contribution in [2.45, 2.75) is 15.2 Å². The van der Waals surface area contributed by atoms with E-state index in [2.05, 4.69) is 263 Å². The fourth-order valence-corrected chi connectivity index (χ4v) is 11.9. The Morgan fingerprint density at radius 1 is 0.400 bits per heavy atom. The lowest BCUT2D eigenvalue weighted by Crippen LogP contribution is -2.28. The fraction of sp³-hybridized carbons (Fsp3) is 0.0164. The van der Waals surface area contributed by atoms with Gasteiger partial charge in [0.15, 0.2) is 0 Å². The molecule has 1 aliphatic carbocycles. The van der Waals surface area contributed by atoms with Crippen LogP contribution >= 0.6 is 11.8 Å². The zero-order valence-corrected chi connectivity index (χ0v) is 36.2. The molecule has 0 saturated carbocycles. The van der Waals surface area contributed by atoms with E-state index >= 15 is 0 Å². The summed E-state index contributed by atoms with van der Waals surface area (Å²) in [4.78, 5) is 7.35. The molecule has 2 heterocycles. The molecular weight excluding hydrogens is 807 g/mol. The first kappa shape index (κ1) is 37.5. The van der Waals surface area contributed by atoms with Crippen LogP contribution in [0.4, 0.5) is 34.3 Å². The SMILES string of the molecule is c1ccc(N2c3ccc(N(c4ccc5c(c4)C(c4ccccc4)(c4ccccc4)c4ccccc4-5)c4ccc5ccccc5c4)cc3Sc3c2n(-c2ccccc2)c2ccccc32)cc1. The van der Waals surface area contributed by atoms with E-state index < -0.39 is 5.41 Å². The van der Waals surface area contributed by atoms with E-state index in [0.717, 1.165) is 39.9 Å². The lowest BCUT2D eigenvalue weighted by Gasteiger charge is -2.35. The third-order valence-corrected chi connectivity index (χ3v) is 14.5. The minimum Gasteiger partial charge on any atom is -0.310 e. The molecule has 0 saturated heterocycles. The Balaban J connectivity index is 1.05. The van der Waals surface area contributed by atoms with Gasteiger partial charge in [-0.3, -0.25) is 9.47 Å². The highest BCUT2D eigenvalue weighted by atomic mass is 32.2. The Kier molecular flexibility index (Phi) is 8.68. The summed E-state index contributed by atoms with van der Waals surface area (Å²) in [7, 11) is 0. The summed E-state index contributed by atoms with van der Waals surface area (Å²) in [5, 5.41) is 3.65. The molecule has 13 rings (SSSR count). The molecule has 3 nitrogen and oxygen atoms in total. The predicted molar refractivity (Wildman–Crippen MR) is 272 cm³/mol. The van der Waals surface area contributed by atoms with Crippen LogP contribution in [0.25, 0.3) is 38.5 Å². The molecule has 4 heteroatoms. The predicted octanol–water partition coefficient (Wildman–Crippen LogP) is 16.6. The summed E-state index contributed by atoms with van der Waals surface area (Å²) in [6, 6.07) is 91.3. The van der Waals surface area contributed by atoms with Gasteiger partial charge in [0, 0.05) is 38.7 Å². The van der Waals surface area contributed by atoms with E-state index in [0.29, 0.717) is 0 Å². The van der Waals surface area contributed by atoms with Gasteiger partial charge in [0.25, 0.3) is 0 Å². The zero-order chi connectivity index (χ0) is 42.9. The largest absolute Gasteiger partial charge is 0.310 e. The summed E-state index contributed by atoms with van der Waals surface area (Å²) in [6.45, 7) is 0. The Hall–Kier alpha value is -8.05. The van der Waals surface area contributed by atoms with Crippen molar-refractivity contribution in [3.63, 3.8) is 0 Å². The molecular formula is C61H41N3S. The first-order chi connectivity index (χ1) is 32.3. The van der Waals surface area contributed by atoms with Crippen molar-refractivity contribution in [2.24, 2.45) is 0 Å². The fourth-order valence-electron chi connectivity index (χ4n) is 10.6. The first-order valence-corrected chi connectivity index (χ1v) is 23.1. The van der Waals surface area contributed by atoms with Crippen LogP contribution in [0.3, 0.4) is 0 Å². The Labute approximate surface area is 383 Å². The average molecular weight is 848 g/mol. The molecule has 0 bridgehead atoms.